The van der Waals surface area contributed by atoms with E-state index < -0.39 is 29.7 Å². The third-order valence-electron chi connectivity index (χ3n) is 3.89. The van der Waals surface area contributed by atoms with Gasteiger partial charge in [-0.15, -0.1) is 0 Å². The van der Waals surface area contributed by atoms with Gasteiger partial charge in [0, 0.05) is 0 Å². The Morgan fingerprint density at radius 3 is 2.71 bits per heavy atom. The Labute approximate surface area is 193 Å². The number of halogens is 2. The van der Waals surface area contributed by atoms with Gasteiger partial charge in [-0.3, -0.25) is 14.5 Å². The van der Waals surface area contributed by atoms with Gasteiger partial charge in [0.2, 0.25) is 5.76 Å². The number of ether oxygens (including phenoxy) is 2. The van der Waals surface area contributed by atoms with Crippen molar-refractivity contribution in [1.29, 1.82) is 0 Å². The van der Waals surface area contributed by atoms with E-state index in [1.54, 1.807) is 6.07 Å². The number of carbonyl (C=O) groups excluding carboxylic acids is 3. The van der Waals surface area contributed by atoms with E-state index in [2.05, 4.69) is 20.7 Å². The van der Waals surface area contributed by atoms with E-state index in [1.165, 1.54) is 31.4 Å². The minimum absolute atomic E-state index is 0.0373. The molecule has 0 radical (unpaired) electrons. The zero-order valence-corrected chi connectivity index (χ0v) is 18.9. The lowest BCUT2D eigenvalue weighted by atomic mass is 10.2. The van der Waals surface area contributed by atoms with Crippen molar-refractivity contribution in [3.05, 3.63) is 55.7 Å². The van der Waals surface area contributed by atoms with Crippen LogP contribution in [0, 0.1) is 0 Å². The summed E-state index contributed by atoms with van der Waals surface area (Å²) in [6.45, 7) is -0.716. The van der Waals surface area contributed by atoms with Crippen LogP contribution < -0.4 is 4.74 Å². The highest BCUT2D eigenvalue weighted by Gasteiger charge is 2.36. The Morgan fingerprint density at radius 2 is 2.06 bits per heavy atom. The number of thioether (sulfide) groups is 1. The number of esters is 1. The highest BCUT2D eigenvalue weighted by atomic mass is 79.9. The first-order valence-corrected chi connectivity index (χ1v) is 10.4. The first-order chi connectivity index (χ1) is 14.7. The molecule has 0 bridgehead atoms. The van der Waals surface area contributed by atoms with Crippen LogP contribution in [-0.4, -0.2) is 46.8 Å². The van der Waals surface area contributed by atoms with E-state index in [4.69, 9.17) is 25.9 Å². The highest BCUT2D eigenvalue weighted by molar-refractivity contribution is 9.10. The number of benzene rings is 1. The van der Waals surface area contributed by atoms with E-state index in [0.717, 1.165) is 16.7 Å². The van der Waals surface area contributed by atoms with Crippen LogP contribution in [-0.2, 0) is 20.9 Å². The average molecular weight is 531 g/mol. The van der Waals surface area contributed by atoms with E-state index in [0.29, 0.717) is 10.0 Å². The molecule has 3 rings (SSSR count). The van der Waals surface area contributed by atoms with Crippen molar-refractivity contribution in [1.82, 2.24) is 4.90 Å². The Hall–Kier alpha value is -2.76. The summed E-state index contributed by atoms with van der Waals surface area (Å²) in [5.74, 6) is -2.01. The number of carbonyl (C=O) groups is 4. The van der Waals surface area contributed by atoms with E-state index in [1.807, 2.05) is 0 Å². The van der Waals surface area contributed by atoms with Crippen molar-refractivity contribution in [2.24, 2.45) is 0 Å². The van der Waals surface area contributed by atoms with Gasteiger partial charge in [0.25, 0.3) is 11.1 Å². The number of rotatable bonds is 7. The van der Waals surface area contributed by atoms with Crippen LogP contribution in [0.5, 0.6) is 5.75 Å². The second-order valence-corrected chi connectivity index (χ2v) is 8.28. The average Bonchev–Trinajstić information content (AvgIpc) is 3.27. The molecule has 2 amide bonds. The van der Waals surface area contributed by atoms with Gasteiger partial charge in [0.1, 0.15) is 5.76 Å². The standard InChI is InChI=1S/C19H13BrClNO8S/c1-28-18(26)13-3-2-10(30-13)7-22-17(25)14(31-19(22)27)6-9-4-11(20)16(12(21)5-9)29-8-15(23)24/h2-6H,7-8H2,1H3,(H,23,24)/b14-6+. The lowest BCUT2D eigenvalue weighted by Gasteiger charge is -2.10. The lowest BCUT2D eigenvalue weighted by Crippen LogP contribution is -2.27. The van der Waals surface area contributed by atoms with Gasteiger partial charge >= 0.3 is 11.9 Å². The van der Waals surface area contributed by atoms with Crippen LogP contribution in [0.1, 0.15) is 21.9 Å². The Kier molecular flexibility index (Phi) is 7.08. The summed E-state index contributed by atoms with van der Waals surface area (Å²) in [5, 5.41) is 8.36. The maximum atomic E-state index is 12.7. The molecule has 1 aliphatic rings. The number of carboxylic acid groups (broad SMARTS) is 1. The second-order valence-electron chi connectivity index (χ2n) is 6.02. The van der Waals surface area contributed by atoms with Crippen LogP contribution in [0.3, 0.4) is 0 Å². The number of nitrogens with zero attached hydrogens (tertiary/aromatic N) is 1. The molecular formula is C19H13BrClNO8S. The Morgan fingerprint density at radius 1 is 1.32 bits per heavy atom. The Balaban J connectivity index is 1.77. The number of amides is 2. The third kappa shape index (κ3) is 5.30. The molecule has 1 aromatic carbocycles. The summed E-state index contributed by atoms with van der Waals surface area (Å²) >= 11 is 10.1. The zero-order chi connectivity index (χ0) is 22.7. The fourth-order valence-corrected chi connectivity index (χ4v) is 4.38. The molecule has 1 aromatic heterocycles. The summed E-state index contributed by atoms with van der Waals surface area (Å²) in [7, 11) is 1.21. The molecule has 1 saturated heterocycles. The minimum atomic E-state index is -1.16. The first kappa shape index (κ1) is 22.9. The van der Waals surface area contributed by atoms with Gasteiger partial charge < -0.3 is 19.0 Å². The largest absolute Gasteiger partial charge is 0.479 e. The predicted molar refractivity (Wildman–Crippen MR) is 114 cm³/mol. The number of imide groups is 1. The van der Waals surface area contributed by atoms with Gasteiger partial charge in [0.05, 0.1) is 28.1 Å². The van der Waals surface area contributed by atoms with Gasteiger partial charge in [0.15, 0.2) is 12.4 Å². The quantitative estimate of drug-likeness (QED) is 0.415. The lowest BCUT2D eigenvalue weighted by molar-refractivity contribution is -0.139. The van der Waals surface area contributed by atoms with Crippen LogP contribution in [0.25, 0.3) is 6.08 Å². The third-order valence-corrected chi connectivity index (χ3v) is 5.67. The number of methoxy groups -OCH3 is 1. The van der Waals surface area contributed by atoms with Gasteiger partial charge in [-0.2, -0.15) is 0 Å². The van der Waals surface area contributed by atoms with Gasteiger partial charge in [-0.1, -0.05) is 11.6 Å². The van der Waals surface area contributed by atoms with Crippen molar-refractivity contribution in [3.63, 3.8) is 0 Å². The fraction of sp³-hybridized carbons (Fsp3) is 0.158. The van der Waals surface area contributed by atoms with Crippen molar-refractivity contribution in [2.45, 2.75) is 6.54 Å². The molecule has 2 aromatic rings. The van der Waals surface area contributed by atoms with Crippen LogP contribution >= 0.6 is 39.3 Å². The molecule has 2 heterocycles. The molecule has 0 spiro atoms. The summed E-state index contributed by atoms with van der Waals surface area (Å²) in [5.41, 5.74) is 0.496. The summed E-state index contributed by atoms with van der Waals surface area (Å²) in [4.78, 5) is 48.3. The summed E-state index contributed by atoms with van der Waals surface area (Å²) < 4.78 is 15.4. The molecule has 0 saturated carbocycles. The molecule has 162 valence electrons. The van der Waals surface area contributed by atoms with E-state index >= 15 is 0 Å². The van der Waals surface area contributed by atoms with Crippen molar-refractivity contribution in [2.75, 3.05) is 13.7 Å². The maximum absolute atomic E-state index is 12.7. The molecular weight excluding hydrogens is 518 g/mol. The summed E-state index contributed by atoms with van der Waals surface area (Å²) in [6, 6.07) is 5.92. The monoisotopic (exact) mass is 529 g/mol. The van der Waals surface area contributed by atoms with Crippen LogP contribution in [0.15, 0.2) is 38.1 Å². The number of aliphatic carboxylic acids is 1. The molecule has 31 heavy (non-hydrogen) atoms. The zero-order valence-electron chi connectivity index (χ0n) is 15.7. The summed E-state index contributed by atoms with van der Waals surface area (Å²) in [6.07, 6.45) is 1.48. The van der Waals surface area contributed by atoms with Crippen LogP contribution in [0.2, 0.25) is 5.02 Å². The molecule has 0 aliphatic carbocycles. The van der Waals surface area contributed by atoms with Gasteiger partial charge in [-0.05, 0) is 63.6 Å². The maximum Gasteiger partial charge on any atom is 0.373 e. The first-order valence-electron chi connectivity index (χ1n) is 8.45. The molecule has 1 aliphatic heterocycles. The topological polar surface area (TPSA) is 123 Å². The van der Waals surface area contributed by atoms with Crippen molar-refractivity contribution < 1.29 is 38.2 Å². The molecule has 1 N–H and O–H groups in total. The number of hydrogen-bond acceptors (Lipinski definition) is 8. The molecule has 0 atom stereocenters. The smallest absolute Gasteiger partial charge is 0.373 e. The number of carboxylic acids is 1. The fourth-order valence-electron chi connectivity index (χ4n) is 2.55. The minimum Gasteiger partial charge on any atom is -0.479 e. The van der Waals surface area contributed by atoms with E-state index in [-0.39, 0.29) is 33.7 Å². The molecule has 9 nitrogen and oxygen atoms in total. The molecule has 12 heteroatoms. The van der Waals surface area contributed by atoms with Crippen molar-refractivity contribution >= 4 is 68.5 Å². The predicted octanol–water partition coefficient (Wildman–Crippen LogP) is 4.18. The molecule has 1 fully saturated rings. The normalized spacial score (nSPS) is 14.9. The highest BCUT2D eigenvalue weighted by Crippen LogP contribution is 2.38. The van der Waals surface area contributed by atoms with Crippen molar-refractivity contribution in [3.8, 4) is 5.75 Å². The SMILES string of the molecule is COC(=O)c1ccc(CN2C(=O)S/C(=C/c3cc(Cl)c(OCC(=O)O)c(Br)c3)C2=O)o1. The van der Waals surface area contributed by atoms with Gasteiger partial charge in [-0.25, -0.2) is 9.59 Å². The number of hydrogen-bond donors (Lipinski definition) is 1. The number of furan rings is 1. The molecule has 0 unspecified atom stereocenters. The van der Waals surface area contributed by atoms with E-state index in [9.17, 15) is 19.2 Å². The second kappa shape index (κ2) is 9.58. The Bertz CT molecular complexity index is 1090. The van der Waals surface area contributed by atoms with Crippen LogP contribution in [0.4, 0.5) is 4.79 Å².